The smallest absolute Gasteiger partial charge is 0.315 e. The Hall–Kier alpha value is -2.19. The molecule has 1 aromatic carbocycles. The number of hydrogen-bond acceptors (Lipinski definition) is 4. The van der Waals surface area contributed by atoms with Gasteiger partial charge in [-0.1, -0.05) is 12.1 Å². The monoisotopic (exact) mass is 352 g/mol. The Morgan fingerprint density at radius 1 is 1.16 bits per heavy atom. The fourth-order valence-electron chi connectivity index (χ4n) is 2.48. The zero-order valence-electron chi connectivity index (χ0n) is 14.4. The maximum atomic E-state index is 12.8. The molecule has 1 aliphatic heterocycles. The molecule has 3 amide bonds. The standard InChI is InChI=1S/C17H25FN4O3/c1-13(22-6-8-25-9-7-22)10-19-16(23)12-21-17(24)20-11-14-2-4-15(18)5-3-14/h2-5,13H,6-12H2,1H3,(H,19,23)(H2,20,21,24). The van der Waals surface area contributed by atoms with Gasteiger partial charge in [-0.25, -0.2) is 9.18 Å². The Balaban J connectivity index is 1.58. The lowest BCUT2D eigenvalue weighted by Gasteiger charge is -2.32. The Kier molecular flexibility index (Phi) is 7.62. The second-order valence-electron chi connectivity index (χ2n) is 5.96. The summed E-state index contributed by atoms with van der Waals surface area (Å²) in [5.41, 5.74) is 0.778. The molecule has 0 aliphatic carbocycles. The number of rotatable bonds is 7. The fraction of sp³-hybridized carbons (Fsp3) is 0.529. The highest BCUT2D eigenvalue weighted by Crippen LogP contribution is 2.03. The number of benzene rings is 1. The van der Waals surface area contributed by atoms with Crippen LogP contribution >= 0.6 is 0 Å². The van der Waals surface area contributed by atoms with Gasteiger partial charge in [-0.2, -0.15) is 0 Å². The highest BCUT2D eigenvalue weighted by Gasteiger charge is 2.17. The van der Waals surface area contributed by atoms with Crippen LogP contribution in [0.2, 0.25) is 0 Å². The van der Waals surface area contributed by atoms with Crippen molar-refractivity contribution in [3.63, 3.8) is 0 Å². The van der Waals surface area contributed by atoms with Gasteiger partial charge in [0, 0.05) is 32.2 Å². The predicted molar refractivity (Wildman–Crippen MR) is 91.5 cm³/mol. The van der Waals surface area contributed by atoms with E-state index < -0.39 is 6.03 Å². The predicted octanol–water partition coefficient (Wildman–Crippen LogP) is 0.462. The SMILES string of the molecule is CC(CNC(=O)CNC(=O)NCc1ccc(F)cc1)N1CCOCC1. The molecule has 2 rings (SSSR count). The molecule has 3 N–H and O–H groups in total. The van der Waals surface area contributed by atoms with Gasteiger partial charge in [-0.3, -0.25) is 9.69 Å². The van der Waals surface area contributed by atoms with Crippen molar-refractivity contribution < 1.29 is 18.7 Å². The molecule has 0 spiro atoms. The number of hydrogen-bond donors (Lipinski definition) is 3. The van der Waals surface area contributed by atoms with Crippen LogP contribution in [0.1, 0.15) is 12.5 Å². The van der Waals surface area contributed by atoms with Crippen LogP contribution in [0, 0.1) is 5.82 Å². The van der Waals surface area contributed by atoms with Crippen molar-refractivity contribution in [2.45, 2.75) is 19.5 Å². The minimum Gasteiger partial charge on any atom is -0.379 e. The van der Waals surface area contributed by atoms with Gasteiger partial charge < -0.3 is 20.7 Å². The third-order valence-corrected chi connectivity index (χ3v) is 4.04. The molecule has 1 fully saturated rings. The molecule has 0 aromatic heterocycles. The van der Waals surface area contributed by atoms with Gasteiger partial charge >= 0.3 is 6.03 Å². The average Bonchev–Trinajstić information content (AvgIpc) is 2.64. The molecular weight excluding hydrogens is 327 g/mol. The second kappa shape index (κ2) is 9.95. The zero-order valence-corrected chi connectivity index (χ0v) is 14.4. The Morgan fingerprint density at radius 2 is 1.84 bits per heavy atom. The van der Waals surface area contributed by atoms with Crippen molar-refractivity contribution in [1.29, 1.82) is 0 Å². The lowest BCUT2D eigenvalue weighted by atomic mass is 10.2. The lowest BCUT2D eigenvalue weighted by Crippen LogP contribution is -2.49. The molecule has 1 saturated heterocycles. The van der Waals surface area contributed by atoms with Gasteiger partial charge in [0.2, 0.25) is 5.91 Å². The summed E-state index contributed by atoms with van der Waals surface area (Å²) >= 11 is 0. The number of morpholine rings is 1. The number of halogens is 1. The van der Waals surface area contributed by atoms with Gasteiger partial charge in [0.15, 0.2) is 0 Å². The van der Waals surface area contributed by atoms with Crippen molar-refractivity contribution in [3.8, 4) is 0 Å². The third-order valence-electron chi connectivity index (χ3n) is 4.04. The Labute approximate surface area is 146 Å². The molecule has 8 heteroatoms. The molecule has 25 heavy (non-hydrogen) atoms. The zero-order chi connectivity index (χ0) is 18.1. The highest BCUT2D eigenvalue weighted by atomic mass is 19.1. The largest absolute Gasteiger partial charge is 0.379 e. The summed E-state index contributed by atoms with van der Waals surface area (Å²) < 4.78 is 18.1. The van der Waals surface area contributed by atoms with E-state index in [0.29, 0.717) is 19.8 Å². The lowest BCUT2D eigenvalue weighted by molar-refractivity contribution is -0.120. The van der Waals surface area contributed by atoms with E-state index in [1.807, 2.05) is 0 Å². The summed E-state index contributed by atoms with van der Waals surface area (Å²) in [4.78, 5) is 25.7. The fourth-order valence-corrected chi connectivity index (χ4v) is 2.48. The molecular formula is C17H25FN4O3. The van der Waals surface area contributed by atoms with Crippen LogP contribution in [0.5, 0.6) is 0 Å². The van der Waals surface area contributed by atoms with E-state index in [1.54, 1.807) is 12.1 Å². The van der Waals surface area contributed by atoms with E-state index in [1.165, 1.54) is 12.1 Å². The van der Waals surface area contributed by atoms with Crippen LogP contribution in [0.25, 0.3) is 0 Å². The van der Waals surface area contributed by atoms with E-state index in [-0.39, 0.29) is 30.9 Å². The topological polar surface area (TPSA) is 82.7 Å². The van der Waals surface area contributed by atoms with Gasteiger partial charge in [0.05, 0.1) is 19.8 Å². The molecule has 1 unspecified atom stereocenters. The first-order valence-corrected chi connectivity index (χ1v) is 8.39. The summed E-state index contributed by atoms with van der Waals surface area (Å²) in [6.07, 6.45) is 0. The number of amides is 3. The first-order valence-electron chi connectivity index (χ1n) is 8.39. The van der Waals surface area contributed by atoms with Crippen molar-refractivity contribution in [2.75, 3.05) is 39.4 Å². The number of nitrogens with zero attached hydrogens (tertiary/aromatic N) is 1. The van der Waals surface area contributed by atoms with Crippen molar-refractivity contribution in [1.82, 2.24) is 20.9 Å². The summed E-state index contributed by atoms with van der Waals surface area (Å²) in [7, 11) is 0. The number of nitrogens with one attached hydrogen (secondary N) is 3. The highest BCUT2D eigenvalue weighted by molar-refractivity contribution is 5.83. The van der Waals surface area contributed by atoms with E-state index >= 15 is 0 Å². The molecule has 138 valence electrons. The van der Waals surface area contributed by atoms with E-state index in [2.05, 4.69) is 27.8 Å². The number of urea groups is 1. The van der Waals surface area contributed by atoms with E-state index in [4.69, 9.17) is 4.74 Å². The van der Waals surface area contributed by atoms with E-state index in [9.17, 15) is 14.0 Å². The summed E-state index contributed by atoms with van der Waals surface area (Å²) in [6, 6.07) is 5.63. The van der Waals surface area contributed by atoms with Gasteiger partial charge in [-0.15, -0.1) is 0 Å². The van der Waals surface area contributed by atoms with E-state index in [0.717, 1.165) is 18.7 Å². The minimum atomic E-state index is -0.444. The van der Waals surface area contributed by atoms with Crippen LogP contribution in [0.4, 0.5) is 9.18 Å². The number of carbonyl (C=O) groups is 2. The Bertz CT molecular complexity index is 562. The van der Waals surface area contributed by atoms with Crippen LogP contribution in [-0.2, 0) is 16.1 Å². The maximum Gasteiger partial charge on any atom is 0.315 e. The van der Waals surface area contributed by atoms with Crippen molar-refractivity contribution in [3.05, 3.63) is 35.6 Å². The number of ether oxygens (including phenoxy) is 1. The molecule has 7 nitrogen and oxygen atoms in total. The summed E-state index contributed by atoms with van der Waals surface area (Å²) in [5, 5.41) is 7.92. The first kappa shape index (κ1) is 19.1. The maximum absolute atomic E-state index is 12.8. The molecule has 1 atom stereocenters. The minimum absolute atomic E-state index is 0.0922. The molecule has 1 aromatic rings. The normalized spacial score (nSPS) is 16.1. The van der Waals surface area contributed by atoms with Crippen LogP contribution in [0.3, 0.4) is 0 Å². The third kappa shape index (κ3) is 7.06. The van der Waals surface area contributed by atoms with Gasteiger partial charge in [-0.05, 0) is 24.6 Å². The van der Waals surface area contributed by atoms with Gasteiger partial charge in [0.1, 0.15) is 5.82 Å². The molecule has 0 radical (unpaired) electrons. The molecule has 1 heterocycles. The molecule has 1 aliphatic rings. The van der Waals surface area contributed by atoms with Crippen molar-refractivity contribution in [2.24, 2.45) is 0 Å². The summed E-state index contributed by atoms with van der Waals surface area (Å²) in [6.45, 7) is 5.91. The molecule has 0 saturated carbocycles. The van der Waals surface area contributed by atoms with Crippen molar-refractivity contribution >= 4 is 11.9 Å². The van der Waals surface area contributed by atoms with Crippen LogP contribution < -0.4 is 16.0 Å². The Morgan fingerprint density at radius 3 is 2.52 bits per heavy atom. The van der Waals surface area contributed by atoms with Crippen LogP contribution in [0.15, 0.2) is 24.3 Å². The van der Waals surface area contributed by atoms with Crippen LogP contribution in [-0.4, -0.2) is 62.3 Å². The van der Waals surface area contributed by atoms with Gasteiger partial charge in [0.25, 0.3) is 0 Å². The first-order chi connectivity index (χ1) is 12.0. The summed E-state index contributed by atoms with van der Waals surface area (Å²) in [5.74, 6) is -0.562. The quantitative estimate of drug-likeness (QED) is 0.666. The number of carbonyl (C=O) groups excluding carboxylic acids is 2. The average molecular weight is 352 g/mol. The molecule has 0 bridgehead atoms. The second-order valence-corrected chi connectivity index (χ2v) is 5.96.